The number of amides is 2. The third-order valence-electron chi connectivity index (χ3n) is 3.94. The van der Waals surface area contributed by atoms with Crippen LogP contribution in [0.25, 0.3) is 0 Å². The van der Waals surface area contributed by atoms with Gasteiger partial charge in [-0.15, -0.1) is 6.58 Å². The van der Waals surface area contributed by atoms with Crippen LogP contribution in [-0.4, -0.2) is 43.8 Å². The van der Waals surface area contributed by atoms with Crippen LogP contribution in [0.5, 0.6) is 0 Å². The predicted molar refractivity (Wildman–Crippen MR) is 100 cm³/mol. The number of rotatable bonds is 7. The first-order valence-electron chi connectivity index (χ1n) is 7.92. The molecule has 0 saturated heterocycles. The van der Waals surface area contributed by atoms with Gasteiger partial charge in [0.2, 0.25) is 0 Å². The second-order valence-corrected chi connectivity index (χ2v) is 6.36. The SMILES string of the molecule is C=CCN1C(=O)NC(c2c(Cl)cccc2Cl)C(C(=O)OCCOC)=C1C. The molecule has 2 rings (SSSR count). The van der Waals surface area contributed by atoms with Crippen molar-refractivity contribution < 1.29 is 19.1 Å². The minimum atomic E-state index is -0.820. The van der Waals surface area contributed by atoms with Crippen LogP contribution in [0.4, 0.5) is 4.79 Å². The van der Waals surface area contributed by atoms with Crippen LogP contribution < -0.4 is 5.32 Å². The van der Waals surface area contributed by atoms with Gasteiger partial charge in [-0.1, -0.05) is 35.3 Å². The van der Waals surface area contributed by atoms with E-state index in [4.69, 9.17) is 32.7 Å². The van der Waals surface area contributed by atoms with E-state index in [0.717, 1.165) is 0 Å². The van der Waals surface area contributed by atoms with E-state index in [9.17, 15) is 9.59 Å². The number of urea groups is 1. The highest BCUT2D eigenvalue weighted by atomic mass is 35.5. The Kier molecular flexibility index (Phi) is 7.08. The summed E-state index contributed by atoms with van der Waals surface area (Å²) in [6.45, 7) is 5.91. The molecule has 1 heterocycles. The van der Waals surface area contributed by atoms with Gasteiger partial charge in [0.1, 0.15) is 6.61 Å². The molecular formula is C18H20Cl2N2O4. The molecule has 0 bridgehead atoms. The van der Waals surface area contributed by atoms with Crippen LogP contribution in [0, 0.1) is 0 Å². The number of benzene rings is 1. The molecule has 1 unspecified atom stereocenters. The largest absolute Gasteiger partial charge is 0.460 e. The van der Waals surface area contributed by atoms with Gasteiger partial charge >= 0.3 is 12.0 Å². The molecule has 1 aliphatic rings. The Morgan fingerprint density at radius 3 is 2.58 bits per heavy atom. The normalized spacial score (nSPS) is 17.2. The molecule has 0 radical (unpaired) electrons. The lowest BCUT2D eigenvalue weighted by atomic mass is 9.94. The fourth-order valence-electron chi connectivity index (χ4n) is 2.69. The summed E-state index contributed by atoms with van der Waals surface area (Å²) >= 11 is 12.6. The summed E-state index contributed by atoms with van der Waals surface area (Å²) in [6.07, 6.45) is 1.57. The van der Waals surface area contributed by atoms with E-state index in [1.165, 1.54) is 12.0 Å². The number of carbonyl (C=O) groups is 2. The molecule has 0 saturated carbocycles. The molecule has 1 atom stereocenters. The van der Waals surface area contributed by atoms with E-state index in [1.54, 1.807) is 31.2 Å². The van der Waals surface area contributed by atoms with Crippen molar-refractivity contribution in [3.63, 3.8) is 0 Å². The van der Waals surface area contributed by atoms with Crippen LogP contribution in [-0.2, 0) is 14.3 Å². The first-order valence-corrected chi connectivity index (χ1v) is 8.67. The summed E-state index contributed by atoms with van der Waals surface area (Å²) < 4.78 is 10.2. The molecule has 140 valence electrons. The number of methoxy groups -OCH3 is 1. The highest BCUT2D eigenvalue weighted by molar-refractivity contribution is 6.36. The van der Waals surface area contributed by atoms with Gasteiger partial charge in [0, 0.05) is 35.0 Å². The van der Waals surface area contributed by atoms with Crippen LogP contribution >= 0.6 is 23.2 Å². The summed E-state index contributed by atoms with van der Waals surface area (Å²) in [4.78, 5) is 26.6. The summed E-state index contributed by atoms with van der Waals surface area (Å²) in [5, 5.41) is 3.47. The van der Waals surface area contributed by atoms with Crippen molar-refractivity contribution in [2.45, 2.75) is 13.0 Å². The third-order valence-corrected chi connectivity index (χ3v) is 4.60. The molecule has 1 N–H and O–H groups in total. The number of halogens is 2. The highest BCUT2D eigenvalue weighted by Crippen LogP contribution is 2.38. The van der Waals surface area contributed by atoms with Gasteiger partial charge in [0.25, 0.3) is 0 Å². The zero-order valence-corrected chi connectivity index (χ0v) is 16.1. The number of carbonyl (C=O) groups excluding carboxylic acids is 2. The van der Waals surface area contributed by atoms with Crippen molar-refractivity contribution in [3.05, 3.63) is 57.7 Å². The summed E-state index contributed by atoms with van der Waals surface area (Å²) in [7, 11) is 1.51. The maximum atomic E-state index is 12.7. The Morgan fingerprint density at radius 2 is 2.00 bits per heavy atom. The minimum Gasteiger partial charge on any atom is -0.460 e. The van der Waals surface area contributed by atoms with Gasteiger partial charge in [-0.3, -0.25) is 4.90 Å². The van der Waals surface area contributed by atoms with Crippen LogP contribution in [0.1, 0.15) is 18.5 Å². The smallest absolute Gasteiger partial charge is 0.338 e. The average Bonchev–Trinajstić information content (AvgIpc) is 2.58. The Hall–Kier alpha value is -2.02. The zero-order valence-electron chi connectivity index (χ0n) is 14.6. The predicted octanol–water partition coefficient (Wildman–Crippen LogP) is 3.71. The molecule has 0 spiro atoms. The molecule has 1 aromatic rings. The fraction of sp³-hybridized carbons (Fsp3) is 0.333. The van der Waals surface area contributed by atoms with Crippen molar-refractivity contribution in [2.75, 3.05) is 26.9 Å². The Morgan fingerprint density at radius 1 is 1.35 bits per heavy atom. The first kappa shape index (κ1) is 20.3. The topological polar surface area (TPSA) is 67.9 Å². The second-order valence-electron chi connectivity index (χ2n) is 5.54. The van der Waals surface area contributed by atoms with Gasteiger partial charge in [-0.05, 0) is 19.1 Å². The van der Waals surface area contributed by atoms with Crippen molar-refractivity contribution in [1.29, 1.82) is 0 Å². The quantitative estimate of drug-likeness (QED) is 0.431. The van der Waals surface area contributed by atoms with Gasteiger partial charge < -0.3 is 14.8 Å². The number of ether oxygens (including phenoxy) is 2. The van der Waals surface area contributed by atoms with E-state index >= 15 is 0 Å². The molecule has 8 heteroatoms. The molecular weight excluding hydrogens is 379 g/mol. The maximum absolute atomic E-state index is 12.7. The summed E-state index contributed by atoms with van der Waals surface area (Å²) in [6, 6.07) is 3.79. The fourth-order valence-corrected chi connectivity index (χ4v) is 3.31. The third kappa shape index (κ3) is 4.20. The second kappa shape index (κ2) is 9.07. The molecule has 2 amide bonds. The standard InChI is InChI=1S/C18H20Cl2N2O4/c1-4-8-22-11(2)14(17(23)26-10-9-25-3)16(21-18(22)24)15-12(19)6-5-7-13(15)20/h4-7,16H,1,8-10H2,2-3H3,(H,21,24). The molecule has 6 nitrogen and oxygen atoms in total. The summed E-state index contributed by atoms with van der Waals surface area (Å²) in [5.41, 5.74) is 1.16. The molecule has 1 aliphatic heterocycles. The van der Waals surface area contributed by atoms with E-state index in [1.807, 2.05) is 0 Å². The van der Waals surface area contributed by atoms with Crippen LogP contribution in [0.3, 0.4) is 0 Å². The number of allylic oxidation sites excluding steroid dienone is 1. The Labute approximate surface area is 162 Å². The van der Waals surface area contributed by atoms with Crippen LogP contribution in [0.2, 0.25) is 10.0 Å². The van der Waals surface area contributed by atoms with E-state index in [-0.39, 0.29) is 31.4 Å². The highest BCUT2D eigenvalue weighted by Gasteiger charge is 2.37. The van der Waals surface area contributed by atoms with Crippen molar-refractivity contribution in [2.24, 2.45) is 0 Å². The van der Waals surface area contributed by atoms with Crippen molar-refractivity contribution in [3.8, 4) is 0 Å². The Balaban J connectivity index is 2.52. The molecule has 1 aromatic carbocycles. The number of hydrogen-bond acceptors (Lipinski definition) is 4. The van der Waals surface area contributed by atoms with Gasteiger partial charge in [0.05, 0.1) is 18.2 Å². The molecule has 0 aromatic heterocycles. The number of nitrogens with zero attached hydrogens (tertiary/aromatic N) is 1. The molecule has 0 fully saturated rings. The lowest BCUT2D eigenvalue weighted by Gasteiger charge is -2.35. The van der Waals surface area contributed by atoms with Crippen molar-refractivity contribution in [1.82, 2.24) is 10.2 Å². The monoisotopic (exact) mass is 398 g/mol. The zero-order chi connectivity index (χ0) is 19.3. The average molecular weight is 399 g/mol. The van der Waals surface area contributed by atoms with Crippen LogP contribution in [0.15, 0.2) is 42.1 Å². The number of hydrogen-bond donors (Lipinski definition) is 1. The van der Waals surface area contributed by atoms with Crippen molar-refractivity contribution >= 4 is 35.2 Å². The lowest BCUT2D eigenvalue weighted by Crippen LogP contribution is -2.48. The Bertz CT molecular complexity index is 728. The van der Waals surface area contributed by atoms with E-state index in [0.29, 0.717) is 21.3 Å². The van der Waals surface area contributed by atoms with Gasteiger partial charge in [-0.2, -0.15) is 0 Å². The number of esters is 1. The molecule has 26 heavy (non-hydrogen) atoms. The number of nitrogens with one attached hydrogen (secondary N) is 1. The maximum Gasteiger partial charge on any atom is 0.338 e. The first-order chi connectivity index (χ1) is 12.4. The van der Waals surface area contributed by atoms with E-state index in [2.05, 4.69) is 11.9 Å². The minimum absolute atomic E-state index is 0.0878. The van der Waals surface area contributed by atoms with Gasteiger partial charge in [0.15, 0.2) is 0 Å². The van der Waals surface area contributed by atoms with E-state index < -0.39 is 12.0 Å². The summed E-state index contributed by atoms with van der Waals surface area (Å²) in [5.74, 6) is -0.574. The lowest BCUT2D eigenvalue weighted by molar-refractivity contribution is -0.140. The van der Waals surface area contributed by atoms with Gasteiger partial charge in [-0.25, -0.2) is 9.59 Å². The molecule has 0 aliphatic carbocycles.